The van der Waals surface area contributed by atoms with Crippen LogP contribution in [0.5, 0.6) is 0 Å². The molecule has 2 rings (SSSR count). The average molecular weight is 298 g/mol. The lowest BCUT2D eigenvalue weighted by Gasteiger charge is -2.06. The Kier molecular flexibility index (Phi) is 5.03. The number of rotatable bonds is 4. The number of hydrogen-bond acceptors (Lipinski definition) is 2. The maximum atomic E-state index is 13.0. The fourth-order valence-electron chi connectivity index (χ4n) is 1.84. The third-order valence-electron chi connectivity index (χ3n) is 2.73. The molecule has 0 spiro atoms. The fourth-order valence-corrected chi connectivity index (χ4v) is 1.84. The Morgan fingerprint density at radius 3 is 2.36 bits per heavy atom. The monoisotopic (exact) mass is 298 g/mol. The zero-order chi connectivity index (χ0) is 15.9. The molecule has 0 heterocycles. The quantitative estimate of drug-likeness (QED) is 0.850. The van der Waals surface area contributed by atoms with Crippen LogP contribution in [0.15, 0.2) is 54.6 Å². The van der Waals surface area contributed by atoms with Gasteiger partial charge in [0.1, 0.15) is 5.82 Å². The van der Waals surface area contributed by atoms with Gasteiger partial charge in [-0.05, 0) is 42.0 Å². The van der Waals surface area contributed by atoms with E-state index >= 15 is 0 Å². The molecule has 2 aromatic rings. The molecule has 2 aromatic carbocycles. The molecule has 0 saturated carbocycles. The second-order valence-corrected chi connectivity index (χ2v) is 4.64. The van der Waals surface area contributed by atoms with Gasteiger partial charge in [0.15, 0.2) is 0 Å². The predicted octanol–water partition coefficient (Wildman–Crippen LogP) is 3.44. The number of amides is 2. The van der Waals surface area contributed by atoms with Gasteiger partial charge in [-0.15, -0.1) is 0 Å². The van der Waals surface area contributed by atoms with Crippen LogP contribution in [0.25, 0.3) is 6.08 Å². The van der Waals surface area contributed by atoms with Crippen LogP contribution in [0, 0.1) is 5.82 Å². The van der Waals surface area contributed by atoms with E-state index in [1.807, 2.05) is 0 Å². The largest absolute Gasteiger partial charge is 0.326 e. The van der Waals surface area contributed by atoms with Crippen molar-refractivity contribution in [3.05, 3.63) is 66.0 Å². The highest BCUT2D eigenvalue weighted by atomic mass is 19.1. The molecule has 0 bridgehead atoms. The average Bonchev–Trinajstić information content (AvgIpc) is 2.45. The Labute approximate surface area is 127 Å². The Morgan fingerprint density at radius 1 is 1.00 bits per heavy atom. The minimum Gasteiger partial charge on any atom is -0.326 e. The maximum absolute atomic E-state index is 13.0. The van der Waals surface area contributed by atoms with Gasteiger partial charge in [-0.2, -0.15) is 0 Å². The van der Waals surface area contributed by atoms with Crippen LogP contribution in [-0.4, -0.2) is 11.8 Å². The molecule has 0 radical (unpaired) electrons. The third kappa shape index (κ3) is 4.86. The van der Waals surface area contributed by atoms with E-state index in [-0.39, 0.29) is 17.6 Å². The van der Waals surface area contributed by atoms with Crippen LogP contribution < -0.4 is 10.6 Å². The lowest BCUT2D eigenvalue weighted by atomic mass is 10.2. The lowest BCUT2D eigenvalue weighted by molar-refractivity contribution is -0.114. The minimum atomic E-state index is -0.356. The number of benzene rings is 2. The summed E-state index contributed by atoms with van der Waals surface area (Å²) in [6.07, 6.45) is 2.84. The van der Waals surface area contributed by atoms with E-state index in [1.165, 1.54) is 31.2 Å². The molecule has 4 nitrogen and oxygen atoms in total. The molecular weight excluding hydrogens is 283 g/mol. The van der Waals surface area contributed by atoms with Crippen LogP contribution >= 0.6 is 0 Å². The summed E-state index contributed by atoms with van der Waals surface area (Å²) in [6, 6.07) is 12.7. The van der Waals surface area contributed by atoms with Crippen molar-refractivity contribution in [2.24, 2.45) is 0 Å². The number of anilines is 2. The summed E-state index contributed by atoms with van der Waals surface area (Å²) in [6.45, 7) is 1.41. The molecule has 22 heavy (non-hydrogen) atoms. The van der Waals surface area contributed by atoms with Crippen LogP contribution in [-0.2, 0) is 9.59 Å². The molecule has 0 fully saturated rings. The van der Waals surface area contributed by atoms with Crippen molar-refractivity contribution in [2.75, 3.05) is 10.6 Å². The topological polar surface area (TPSA) is 58.2 Å². The van der Waals surface area contributed by atoms with Crippen molar-refractivity contribution in [1.29, 1.82) is 0 Å². The highest BCUT2D eigenvalue weighted by Gasteiger charge is 2.01. The Balaban J connectivity index is 2.01. The second kappa shape index (κ2) is 7.17. The molecule has 0 aromatic heterocycles. The highest BCUT2D eigenvalue weighted by Crippen LogP contribution is 2.15. The predicted molar refractivity (Wildman–Crippen MR) is 84.8 cm³/mol. The number of hydrogen-bond donors (Lipinski definition) is 2. The van der Waals surface area contributed by atoms with Gasteiger partial charge in [-0.1, -0.05) is 18.2 Å². The summed E-state index contributed by atoms with van der Waals surface area (Å²) >= 11 is 0. The lowest BCUT2D eigenvalue weighted by Crippen LogP contribution is -2.09. The zero-order valence-corrected chi connectivity index (χ0v) is 12.0. The van der Waals surface area contributed by atoms with Gasteiger partial charge in [0, 0.05) is 24.4 Å². The molecule has 112 valence electrons. The molecule has 0 aliphatic carbocycles. The van der Waals surface area contributed by atoms with Gasteiger partial charge in [0.05, 0.1) is 0 Å². The van der Waals surface area contributed by atoms with Gasteiger partial charge < -0.3 is 10.6 Å². The molecule has 0 aliphatic rings. The standard InChI is InChI=1S/C17H15FN2O2/c1-12(21)19-15-6-3-7-16(11-15)20-17(22)9-8-13-4-2-5-14(18)10-13/h2-11H,1H3,(H,19,21)(H,20,22). The molecule has 2 N–H and O–H groups in total. The summed E-state index contributed by atoms with van der Waals surface area (Å²) in [5.74, 6) is -0.885. The summed E-state index contributed by atoms with van der Waals surface area (Å²) < 4.78 is 13.0. The number of carbonyl (C=O) groups excluding carboxylic acids is 2. The van der Waals surface area contributed by atoms with Gasteiger partial charge in [-0.3, -0.25) is 9.59 Å². The first-order valence-electron chi connectivity index (χ1n) is 6.65. The summed E-state index contributed by atoms with van der Waals surface area (Å²) in [5.41, 5.74) is 1.75. The van der Waals surface area contributed by atoms with Crippen LogP contribution in [0.1, 0.15) is 12.5 Å². The van der Waals surface area contributed by atoms with E-state index in [4.69, 9.17) is 0 Å². The van der Waals surface area contributed by atoms with Crippen LogP contribution in [0.3, 0.4) is 0 Å². The first-order valence-corrected chi connectivity index (χ1v) is 6.65. The smallest absolute Gasteiger partial charge is 0.248 e. The van der Waals surface area contributed by atoms with E-state index in [0.717, 1.165) is 0 Å². The van der Waals surface area contributed by atoms with Crippen molar-refractivity contribution in [2.45, 2.75) is 6.92 Å². The van der Waals surface area contributed by atoms with E-state index < -0.39 is 0 Å². The molecule has 0 saturated heterocycles. The van der Waals surface area contributed by atoms with Gasteiger partial charge in [0.25, 0.3) is 0 Å². The fraction of sp³-hybridized carbons (Fsp3) is 0.0588. The molecule has 0 atom stereocenters. The summed E-state index contributed by atoms with van der Waals surface area (Å²) in [5, 5.41) is 5.30. The summed E-state index contributed by atoms with van der Waals surface area (Å²) in [4.78, 5) is 22.8. The van der Waals surface area contributed by atoms with Crippen molar-refractivity contribution in [1.82, 2.24) is 0 Å². The van der Waals surface area contributed by atoms with Gasteiger partial charge >= 0.3 is 0 Å². The summed E-state index contributed by atoms with van der Waals surface area (Å²) in [7, 11) is 0. The van der Waals surface area contributed by atoms with Crippen molar-refractivity contribution in [3.63, 3.8) is 0 Å². The Bertz CT molecular complexity index is 726. The third-order valence-corrected chi connectivity index (χ3v) is 2.73. The first-order chi connectivity index (χ1) is 10.5. The molecule has 5 heteroatoms. The van der Waals surface area contributed by atoms with Crippen molar-refractivity contribution >= 4 is 29.3 Å². The van der Waals surface area contributed by atoms with Crippen LogP contribution in [0.2, 0.25) is 0 Å². The van der Waals surface area contributed by atoms with E-state index in [1.54, 1.807) is 36.4 Å². The SMILES string of the molecule is CC(=O)Nc1cccc(NC(=O)C=Cc2cccc(F)c2)c1. The molecule has 0 aliphatic heterocycles. The van der Waals surface area contributed by atoms with E-state index in [0.29, 0.717) is 16.9 Å². The number of nitrogens with one attached hydrogen (secondary N) is 2. The Hall–Kier alpha value is -2.95. The van der Waals surface area contributed by atoms with Gasteiger partial charge in [-0.25, -0.2) is 4.39 Å². The zero-order valence-electron chi connectivity index (χ0n) is 12.0. The van der Waals surface area contributed by atoms with Gasteiger partial charge in [0.2, 0.25) is 11.8 Å². The molecular formula is C17H15FN2O2. The van der Waals surface area contributed by atoms with E-state index in [2.05, 4.69) is 10.6 Å². The second-order valence-electron chi connectivity index (χ2n) is 4.64. The number of carbonyl (C=O) groups is 2. The minimum absolute atomic E-state index is 0.186. The Morgan fingerprint density at radius 2 is 1.68 bits per heavy atom. The van der Waals surface area contributed by atoms with Crippen molar-refractivity contribution in [3.8, 4) is 0 Å². The highest BCUT2D eigenvalue weighted by molar-refractivity contribution is 6.02. The van der Waals surface area contributed by atoms with Crippen LogP contribution in [0.4, 0.5) is 15.8 Å². The maximum Gasteiger partial charge on any atom is 0.248 e. The van der Waals surface area contributed by atoms with E-state index in [9.17, 15) is 14.0 Å². The normalized spacial score (nSPS) is 10.5. The molecule has 0 unspecified atom stereocenters. The first kappa shape index (κ1) is 15.4. The molecule has 2 amide bonds. The number of halogens is 1. The van der Waals surface area contributed by atoms with Crippen molar-refractivity contribution < 1.29 is 14.0 Å².